The van der Waals surface area contributed by atoms with Crippen LogP contribution in [-0.4, -0.2) is 24.9 Å². The standard InChI is InChI=1S/C10H16N2O2/c1-7(2)10-12-8(4-5-11-3)9(6-13)14-10/h6-7,11H,4-5H2,1-3H3. The van der Waals surface area contributed by atoms with Crippen molar-refractivity contribution in [2.24, 2.45) is 0 Å². The molecule has 0 bridgehead atoms. The van der Waals surface area contributed by atoms with Gasteiger partial charge in [0.15, 0.2) is 17.9 Å². The third-order valence-electron chi connectivity index (χ3n) is 1.96. The number of aldehydes is 1. The van der Waals surface area contributed by atoms with Crippen LogP contribution in [-0.2, 0) is 6.42 Å². The highest BCUT2D eigenvalue weighted by atomic mass is 16.4. The Bertz CT molecular complexity index is 305. The molecule has 0 aliphatic rings. The summed E-state index contributed by atoms with van der Waals surface area (Å²) >= 11 is 0. The van der Waals surface area contributed by atoms with E-state index in [-0.39, 0.29) is 5.92 Å². The van der Waals surface area contributed by atoms with E-state index < -0.39 is 0 Å². The molecule has 1 N–H and O–H groups in total. The zero-order valence-electron chi connectivity index (χ0n) is 8.83. The zero-order chi connectivity index (χ0) is 10.6. The number of rotatable bonds is 5. The van der Waals surface area contributed by atoms with Crippen molar-refractivity contribution in [3.63, 3.8) is 0 Å². The number of hydrogen-bond donors (Lipinski definition) is 1. The number of oxazole rings is 1. The van der Waals surface area contributed by atoms with E-state index in [0.29, 0.717) is 11.7 Å². The van der Waals surface area contributed by atoms with Crippen LogP contribution in [0, 0.1) is 0 Å². The highest BCUT2D eigenvalue weighted by Crippen LogP contribution is 2.17. The van der Waals surface area contributed by atoms with Gasteiger partial charge in [-0.25, -0.2) is 4.98 Å². The molecule has 0 fully saturated rings. The normalized spacial score (nSPS) is 10.9. The number of aromatic nitrogens is 1. The number of nitrogens with one attached hydrogen (secondary N) is 1. The van der Waals surface area contributed by atoms with E-state index in [9.17, 15) is 4.79 Å². The Hall–Kier alpha value is -1.16. The second-order valence-corrected chi connectivity index (χ2v) is 3.49. The first-order chi connectivity index (χ1) is 6.69. The van der Waals surface area contributed by atoms with Crippen LogP contribution in [0.4, 0.5) is 0 Å². The molecular weight excluding hydrogens is 180 g/mol. The van der Waals surface area contributed by atoms with Gasteiger partial charge in [0.25, 0.3) is 0 Å². The summed E-state index contributed by atoms with van der Waals surface area (Å²) in [7, 11) is 1.87. The minimum Gasteiger partial charge on any atom is -0.437 e. The van der Waals surface area contributed by atoms with E-state index in [1.54, 1.807) is 0 Å². The predicted molar refractivity (Wildman–Crippen MR) is 53.6 cm³/mol. The van der Waals surface area contributed by atoms with Crippen LogP contribution in [0.5, 0.6) is 0 Å². The van der Waals surface area contributed by atoms with E-state index in [0.717, 1.165) is 24.9 Å². The highest BCUT2D eigenvalue weighted by molar-refractivity contribution is 5.72. The maximum atomic E-state index is 10.7. The molecule has 4 heteroatoms. The van der Waals surface area contributed by atoms with Gasteiger partial charge >= 0.3 is 0 Å². The van der Waals surface area contributed by atoms with Crippen LogP contribution in [0.15, 0.2) is 4.42 Å². The summed E-state index contributed by atoms with van der Waals surface area (Å²) in [5, 5.41) is 3.01. The Kier molecular flexibility index (Phi) is 3.83. The van der Waals surface area contributed by atoms with Crippen molar-refractivity contribution in [1.29, 1.82) is 0 Å². The van der Waals surface area contributed by atoms with E-state index in [2.05, 4.69) is 10.3 Å². The summed E-state index contributed by atoms with van der Waals surface area (Å²) in [4.78, 5) is 15.0. The van der Waals surface area contributed by atoms with Gasteiger partial charge in [0, 0.05) is 18.9 Å². The number of nitrogens with zero attached hydrogens (tertiary/aromatic N) is 1. The van der Waals surface area contributed by atoms with Crippen LogP contribution in [0.3, 0.4) is 0 Å². The minimum atomic E-state index is 0.219. The third kappa shape index (κ3) is 2.42. The molecule has 4 nitrogen and oxygen atoms in total. The molecule has 1 rings (SSSR count). The molecule has 0 saturated carbocycles. The molecule has 1 aromatic heterocycles. The molecular formula is C10H16N2O2. The smallest absolute Gasteiger partial charge is 0.197 e. The van der Waals surface area contributed by atoms with Gasteiger partial charge in [0.2, 0.25) is 0 Å². The van der Waals surface area contributed by atoms with Crippen LogP contribution >= 0.6 is 0 Å². The lowest BCUT2D eigenvalue weighted by Gasteiger charge is -1.95. The molecule has 0 atom stereocenters. The molecule has 78 valence electrons. The Balaban J connectivity index is 2.84. The van der Waals surface area contributed by atoms with E-state index in [1.165, 1.54) is 0 Å². The van der Waals surface area contributed by atoms with Gasteiger partial charge in [-0.2, -0.15) is 0 Å². The molecule has 0 saturated heterocycles. The Labute approximate surface area is 83.7 Å². The molecule has 0 radical (unpaired) electrons. The van der Waals surface area contributed by atoms with Crippen LogP contribution in [0.25, 0.3) is 0 Å². The summed E-state index contributed by atoms with van der Waals surface area (Å²) in [6.07, 6.45) is 1.45. The first-order valence-electron chi connectivity index (χ1n) is 4.78. The Morgan fingerprint density at radius 1 is 1.57 bits per heavy atom. The van der Waals surface area contributed by atoms with Crippen molar-refractivity contribution >= 4 is 6.29 Å². The maximum Gasteiger partial charge on any atom is 0.197 e. The fraction of sp³-hybridized carbons (Fsp3) is 0.600. The lowest BCUT2D eigenvalue weighted by atomic mass is 10.2. The van der Waals surface area contributed by atoms with Crippen LogP contribution < -0.4 is 5.32 Å². The summed E-state index contributed by atoms with van der Waals surface area (Å²) in [6, 6.07) is 0. The van der Waals surface area contributed by atoms with Crippen LogP contribution in [0.2, 0.25) is 0 Å². The SMILES string of the molecule is CNCCc1nc(C(C)C)oc1C=O. The van der Waals surface area contributed by atoms with E-state index >= 15 is 0 Å². The van der Waals surface area contributed by atoms with E-state index in [1.807, 2.05) is 20.9 Å². The minimum absolute atomic E-state index is 0.219. The summed E-state index contributed by atoms with van der Waals surface area (Å²) in [5.74, 6) is 1.22. The average Bonchev–Trinajstić information content (AvgIpc) is 2.57. The highest BCUT2D eigenvalue weighted by Gasteiger charge is 2.13. The van der Waals surface area contributed by atoms with Gasteiger partial charge in [-0.15, -0.1) is 0 Å². The number of carbonyl (C=O) groups excluding carboxylic acids is 1. The van der Waals surface area contributed by atoms with Crippen molar-refractivity contribution in [1.82, 2.24) is 10.3 Å². The van der Waals surface area contributed by atoms with Crippen molar-refractivity contribution in [2.75, 3.05) is 13.6 Å². The van der Waals surface area contributed by atoms with Gasteiger partial charge in [0.05, 0.1) is 5.69 Å². The molecule has 0 aliphatic carbocycles. The van der Waals surface area contributed by atoms with Crippen molar-refractivity contribution in [3.05, 3.63) is 17.3 Å². The predicted octanol–water partition coefficient (Wildman–Crippen LogP) is 1.37. The maximum absolute atomic E-state index is 10.7. The first kappa shape index (κ1) is 10.9. The molecule has 14 heavy (non-hydrogen) atoms. The van der Waals surface area contributed by atoms with Crippen molar-refractivity contribution < 1.29 is 9.21 Å². The topological polar surface area (TPSA) is 55.1 Å². The first-order valence-corrected chi connectivity index (χ1v) is 4.78. The second-order valence-electron chi connectivity index (χ2n) is 3.49. The Morgan fingerprint density at radius 3 is 2.79 bits per heavy atom. The molecule has 1 aromatic rings. The summed E-state index contributed by atoms with van der Waals surface area (Å²) in [5.41, 5.74) is 0.748. The van der Waals surface area contributed by atoms with Gasteiger partial charge in [-0.1, -0.05) is 13.8 Å². The molecule has 1 heterocycles. The summed E-state index contributed by atoms with van der Waals surface area (Å²) in [6.45, 7) is 4.77. The second kappa shape index (κ2) is 4.91. The number of carbonyl (C=O) groups is 1. The molecule has 0 aromatic carbocycles. The monoisotopic (exact) mass is 196 g/mol. The lowest BCUT2D eigenvalue weighted by Crippen LogP contribution is -2.11. The zero-order valence-corrected chi connectivity index (χ0v) is 8.83. The van der Waals surface area contributed by atoms with Crippen LogP contribution in [0.1, 0.15) is 41.9 Å². The largest absolute Gasteiger partial charge is 0.437 e. The van der Waals surface area contributed by atoms with Crippen molar-refractivity contribution in [2.45, 2.75) is 26.2 Å². The quantitative estimate of drug-likeness (QED) is 0.723. The average molecular weight is 196 g/mol. The van der Waals surface area contributed by atoms with E-state index in [4.69, 9.17) is 4.42 Å². The van der Waals surface area contributed by atoms with Crippen molar-refractivity contribution in [3.8, 4) is 0 Å². The fourth-order valence-electron chi connectivity index (χ4n) is 1.14. The Morgan fingerprint density at radius 2 is 2.29 bits per heavy atom. The molecule has 0 spiro atoms. The molecule has 0 amide bonds. The third-order valence-corrected chi connectivity index (χ3v) is 1.96. The summed E-state index contributed by atoms with van der Waals surface area (Å²) < 4.78 is 5.32. The van der Waals surface area contributed by atoms with Gasteiger partial charge in [-0.3, -0.25) is 4.79 Å². The van der Waals surface area contributed by atoms with Gasteiger partial charge < -0.3 is 9.73 Å². The van der Waals surface area contributed by atoms with Gasteiger partial charge in [0.1, 0.15) is 0 Å². The van der Waals surface area contributed by atoms with Gasteiger partial charge in [-0.05, 0) is 7.05 Å². The molecule has 0 unspecified atom stereocenters. The number of hydrogen-bond acceptors (Lipinski definition) is 4. The lowest BCUT2D eigenvalue weighted by molar-refractivity contribution is 0.109. The molecule has 0 aliphatic heterocycles. The number of likely N-dealkylation sites (N-methyl/N-ethyl adjacent to an activating group) is 1. The fourth-order valence-corrected chi connectivity index (χ4v) is 1.14.